The molecular formula is C18H20N6O3S. The van der Waals surface area contributed by atoms with Crippen molar-refractivity contribution in [2.24, 2.45) is 0 Å². The third kappa shape index (κ3) is 3.75. The molecule has 0 radical (unpaired) electrons. The van der Waals surface area contributed by atoms with Crippen LogP contribution in [0.25, 0.3) is 11.1 Å². The molecule has 5 rings (SSSR count). The Kier molecular flexibility index (Phi) is 4.98. The molecule has 0 spiro atoms. The van der Waals surface area contributed by atoms with Gasteiger partial charge in [-0.2, -0.15) is 15.0 Å². The number of fused-ring (bicyclic) bond motifs is 1. The van der Waals surface area contributed by atoms with E-state index < -0.39 is 0 Å². The first-order chi connectivity index (χ1) is 13.8. The highest BCUT2D eigenvalue weighted by atomic mass is 32.2. The first-order valence-electron chi connectivity index (χ1n) is 9.30. The Morgan fingerprint density at radius 3 is 1.96 bits per heavy atom. The van der Waals surface area contributed by atoms with Crippen LogP contribution in [0.5, 0.6) is 0 Å². The molecule has 2 saturated heterocycles. The number of para-hydroxylation sites is 2. The SMILES string of the molecule is c1ccc2oc(Sc3nc(N4CCOCC4)nc(N4CCOCC4)n3)nc2c1. The van der Waals surface area contributed by atoms with Crippen molar-refractivity contribution in [2.45, 2.75) is 10.4 Å². The number of hydrogen-bond donors (Lipinski definition) is 0. The van der Waals surface area contributed by atoms with Crippen LogP contribution < -0.4 is 9.80 Å². The first-order valence-corrected chi connectivity index (χ1v) is 10.1. The summed E-state index contributed by atoms with van der Waals surface area (Å²) in [6.07, 6.45) is 0. The number of nitrogens with zero attached hydrogens (tertiary/aromatic N) is 6. The van der Waals surface area contributed by atoms with Crippen molar-refractivity contribution in [3.8, 4) is 0 Å². The number of morpholine rings is 2. The van der Waals surface area contributed by atoms with Crippen LogP contribution in [0.3, 0.4) is 0 Å². The minimum atomic E-state index is 0.522. The number of hydrogen-bond acceptors (Lipinski definition) is 10. The van der Waals surface area contributed by atoms with Gasteiger partial charge in [0.2, 0.25) is 17.1 Å². The Balaban J connectivity index is 1.47. The zero-order valence-corrected chi connectivity index (χ0v) is 16.1. The molecule has 0 atom stereocenters. The van der Waals surface area contributed by atoms with Gasteiger partial charge in [-0.15, -0.1) is 0 Å². The van der Waals surface area contributed by atoms with Crippen LogP contribution in [-0.4, -0.2) is 72.5 Å². The largest absolute Gasteiger partial charge is 0.431 e. The second-order valence-corrected chi connectivity index (χ2v) is 7.38. The Morgan fingerprint density at radius 2 is 1.36 bits per heavy atom. The molecule has 4 heterocycles. The molecule has 2 aliphatic rings. The summed E-state index contributed by atoms with van der Waals surface area (Å²) in [6.45, 7) is 5.74. The highest BCUT2D eigenvalue weighted by Crippen LogP contribution is 2.29. The van der Waals surface area contributed by atoms with Gasteiger partial charge in [0, 0.05) is 37.9 Å². The van der Waals surface area contributed by atoms with E-state index >= 15 is 0 Å². The lowest BCUT2D eigenvalue weighted by Gasteiger charge is -2.30. The fraction of sp³-hybridized carbons (Fsp3) is 0.444. The van der Waals surface area contributed by atoms with Gasteiger partial charge in [0.05, 0.1) is 26.4 Å². The molecule has 146 valence electrons. The van der Waals surface area contributed by atoms with Crippen LogP contribution in [0.2, 0.25) is 0 Å². The van der Waals surface area contributed by atoms with Crippen molar-refractivity contribution in [3.05, 3.63) is 24.3 Å². The van der Waals surface area contributed by atoms with Crippen LogP contribution >= 0.6 is 11.8 Å². The third-order valence-electron chi connectivity index (χ3n) is 4.63. The lowest BCUT2D eigenvalue weighted by Crippen LogP contribution is -2.40. The molecule has 2 fully saturated rings. The van der Waals surface area contributed by atoms with E-state index in [-0.39, 0.29) is 0 Å². The summed E-state index contributed by atoms with van der Waals surface area (Å²) in [5.74, 6) is 1.33. The number of benzene rings is 1. The Morgan fingerprint density at radius 1 is 0.750 bits per heavy atom. The molecule has 28 heavy (non-hydrogen) atoms. The second kappa shape index (κ2) is 7.90. The summed E-state index contributed by atoms with van der Waals surface area (Å²) in [7, 11) is 0. The van der Waals surface area contributed by atoms with Gasteiger partial charge in [0.1, 0.15) is 5.52 Å². The molecule has 0 amide bonds. The fourth-order valence-corrected chi connectivity index (χ4v) is 3.85. The summed E-state index contributed by atoms with van der Waals surface area (Å²) in [5.41, 5.74) is 1.57. The van der Waals surface area contributed by atoms with Crippen LogP contribution in [-0.2, 0) is 9.47 Å². The zero-order valence-electron chi connectivity index (χ0n) is 15.3. The molecule has 2 aromatic heterocycles. The lowest BCUT2D eigenvalue weighted by molar-refractivity contribution is 0.121. The van der Waals surface area contributed by atoms with Crippen LogP contribution in [0.1, 0.15) is 0 Å². The summed E-state index contributed by atoms with van der Waals surface area (Å²) in [6, 6.07) is 7.69. The minimum absolute atomic E-state index is 0.522. The predicted octanol–water partition coefficient (Wildman–Crippen LogP) is 1.84. The number of ether oxygens (including phenoxy) is 2. The number of oxazole rings is 1. The molecule has 0 aliphatic carbocycles. The van der Waals surface area contributed by atoms with Gasteiger partial charge in [-0.25, -0.2) is 4.98 Å². The maximum Gasteiger partial charge on any atom is 0.264 e. The third-order valence-corrected chi connectivity index (χ3v) is 5.35. The van der Waals surface area contributed by atoms with Crippen molar-refractivity contribution < 1.29 is 13.9 Å². The zero-order chi connectivity index (χ0) is 18.8. The van der Waals surface area contributed by atoms with E-state index in [0.717, 1.165) is 37.3 Å². The molecule has 2 aliphatic heterocycles. The van der Waals surface area contributed by atoms with E-state index in [1.807, 2.05) is 24.3 Å². The Hall–Kier alpha value is -2.43. The average molecular weight is 400 g/mol. The number of anilines is 2. The van der Waals surface area contributed by atoms with Gasteiger partial charge in [0.25, 0.3) is 5.22 Å². The Labute approximate surface area is 166 Å². The quantitative estimate of drug-likeness (QED) is 0.646. The molecule has 0 N–H and O–H groups in total. The number of aromatic nitrogens is 4. The lowest BCUT2D eigenvalue weighted by atomic mass is 10.3. The average Bonchev–Trinajstić information content (AvgIpc) is 3.17. The van der Waals surface area contributed by atoms with Crippen molar-refractivity contribution in [3.63, 3.8) is 0 Å². The normalized spacial score (nSPS) is 18.0. The maximum absolute atomic E-state index is 5.83. The highest BCUT2D eigenvalue weighted by molar-refractivity contribution is 7.99. The van der Waals surface area contributed by atoms with Crippen molar-refractivity contribution in [1.29, 1.82) is 0 Å². The second-order valence-electron chi connectivity index (χ2n) is 6.47. The van der Waals surface area contributed by atoms with Crippen LogP contribution in [0.4, 0.5) is 11.9 Å². The van der Waals surface area contributed by atoms with Gasteiger partial charge in [0.15, 0.2) is 5.58 Å². The van der Waals surface area contributed by atoms with E-state index in [9.17, 15) is 0 Å². The fourth-order valence-electron chi connectivity index (χ4n) is 3.16. The summed E-state index contributed by atoms with van der Waals surface area (Å²) in [5, 5.41) is 1.10. The van der Waals surface area contributed by atoms with Gasteiger partial charge >= 0.3 is 0 Å². The summed E-state index contributed by atoms with van der Waals surface area (Å²) >= 11 is 1.31. The standard InChI is InChI=1S/C18H20N6O3S/c1-2-4-14-13(3-1)19-18(27-14)28-17-21-15(23-5-9-25-10-6-23)20-16(22-17)24-7-11-26-12-8-24/h1-4H,5-12H2. The van der Waals surface area contributed by atoms with Gasteiger partial charge < -0.3 is 23.7 Å². The maximum atomic E-state index is 5.83. The molecular weight excluding hydrogens is 380 g/mol. The van der Waals surface area contributed by atoms with E-state index in [4.69, 9.17) is 18.9 Å². The van der Waals surface area contributed by atoms with Crippen molar-refractivity contribution >= 4 is 34.8 Å². The minimum Gasteiger partial charge on any atom is -0.431 e. The van der Waals surface area contributed by atoms with E-state index in [1.165, 1.54) is 11.8 Å². The van der Waals surface area contributed by atoms with Gasteiger partial charge in [-0.05, 0) is 12.1 Å². The van der Waals surface area contributed by atoms with E-state index in [2.05, 4.69) is 24.8 Å². The van der Waals surface area contributed by atoms with Crippen LogP contribution in [0.15, 0.2) is 39.1 Å². The topological polar surface area (TPSA) is 89.6 Å². The molecule has 0 bridgehead atoms. The smallest absolute Gasteiger partial charge is 0.264 e. The highest BCUT2D eigenvalue weighted by Gasteiger charge is 2.22. The molecule has 10 heteroatoms. The van der Waals surface area contributed by atoms with Crippen LogP contribution in [0, 0.1) is 0 Å². The van der Waals surface area contributed by atoms with Crippen molar-refractivity contribution in [2.75, 3.05) is 62.4 Å². The molecule has 0 unspecified atom stereocenters. The summed E-state index contributed by atoms with van der Waals surface area (Å²) < 4.78 is 16.7. The monoisotopic (exact) mass is 400 g/mol. The molecule has 1 aromatic carbocycles. The number of rotatable bonds is 4. The molecule has 0 saturated carbocycles. The predicted molar refractivity (Wildman–Crippen MR) is 104 cm³/mol. The summed E-state index contributed by atoms with van der Waals surface area (Å²) in [4.78, 5) is 22.8. The molecule has 9 nitrogen and oxygen atoms in total. The van der Waals surface area contributed by atoms with Gasteiger partial charge in [-0.3, -0.25) is 0 Å². The van der Waals surface area contributed by atoms with Crippen molar-refractivity contribution in [1.82, 2.24) is 19.9 Å². The van der Waals surface area contributed by atoms with Gasteiger partial charge in [-0.1, -0.05) is 12.1 Å². The van der Waals surface area contributed by atoms with E-state index in [0.29, 0.717) is 48.7 Å². The molecule has 3 aromatic rings. The Bertz CT molecular complexity index is 886. The van der Waals surface area contributed by atoms with E-state index in [1.54, 1.807) is 0 Å². The first kappa shape index (κ1) is 17.7.